The summed E-state index contributed by atoms with van der Waals surface area (Å²) >= 11 is 0. The summed E-state index contributed by atoms with van der Waals surface area (Å²) < 4.78 is 5.40. The number of nitrogens with zero attached hydrogens (tertiary/aromatic N) is 3. The molecule has 0 bridgehead atoms. The van der Waals surface area contributed by atoms with E-state index in [9.17, 15) is 10.1 Å². The molecule has 0 aromatic heterocycles. The van der Waals surface area contributed by atoms with Gasteiger partial charge in [-0.25, -0.2) is 0 Å². The quantitative estimate of drug-likeness (QED) is 0.458. The van der Waals surface area contributed by atoms with E-state index >= 15 is 0 Å². The SMILES string of the molecule is C#CCCN1CCN(c2cccc(OCC)c2[N+](=O)[O-])CC1. The Balaban J connectivity index is 2.15. The third-order valence-corrected chi connectivity index (χ3v) is 3.75. The number of hydrogen-bond donors (Lipinski definition) is 0. The molecule has 0 saturated carbocycles. The predicted octanol–water partition coefficient (Wildman–Crippen LogP) is 2.14. The fraction of sp³-hybridized carbons (Fsp3) is 0.500. The van der Waals surface area contributed by atoms with Gasteiger partial charge in [-0.15, -0.1) is 12.3 Å². The number of nitro groups is 1. The van der Waals surface area contributed by atoms with Crippen LogP contribution in [0, 0.1) is 22.5 Å². The number of piperazine rings is 1. The van der Waals surface area contributed by atoms with Crippen LogP contribution in [0.1, 0.15) is 13.3 Å². The van der Waals surface area contributed by atoms with Crippen molar-refractivity contribution in [2.75, 3.05) is 44.2 Å². The molecule has 6 nitrogen and oxygen atoms in total. The Kier molecular flexibility index (Phi) is 5.61. The summed E-state index contributed by atoms with van der Waals surface area (Å²) in [6.45, 7) is 6.33. The molecule has 0 aliphatic carbocycles. The van der Waals surface area contributed by atoms with E-state index in [1.165, 1.54) is 0 Å². The molecule has 1 aromatic rings. The number of terminal acetylenes is 1. The topological polar surface area (TPSA) is 58.8 Å². The zero-order valence-corrected chi connectivity index (χ0v) is 12.8. The molecule has 6 heteroatoms. The molecule has 1 aliphatic rings. The average Bonchev–Trinajstić information content (AvgIpc) is 2.53. The molecule has 1 aliphatic heterocycles. The third-order valence-electron chi connectivity index (χ3n) is 3.75. The lowest BCUT2D eigenvalue weighted by Crippen LogP contribution is -2.46. The summed E-state index contributed by atoms with van der Waals surface area (Å²) in [5.74, 6) is 2.98. The van der Waals surface area contributed by atoms with Crippen molar-refractivity contribution < 1.29 is 9.66 Å². The van der Waals surface area contributed by atoms with E-state index < -0.39 is 0 Å². The minimum Gasteiger partial charge on any atom is -0.487 e. The van der Waals surface area contributed by atoms with Crippen molar-refractivity contribution in [1.29, 1.82) is 0 Å². The van der Waals surface area contributed by atoms with E-state index in [4.69, 9.17) is 11.2 Å². The van der Waals surface area contributed by atoms with Crippen molar-refractivity contribution in [3.63, 3.8) is 0 Å². The van der Waals surface area contributed by atoms with Crippen molar-refractivity contribution in [2.24, 2.45) is 0 Å². The fourth-order valence-electron chi connectivity index (χ4n) is 2.66. The van der Waals surface area contributed by atoms with Crippen molar-refractivity contribution in [2.45, 2.75) is 13.3 Å². The van der Waals surface area contributed by atoms with E-state index in [2.05, 4.69) is 10.8 Å². The summed E-state index contributed by atoms with van der Waals surface area (Å²) in [7, 11) is 0. The van der Waals surface area contributed by atoms with Crippen LogP contribution in [-0.4, -0.2) is 49.2 Å². The maximum absolute atomic E-state index is 11.4. The number of rotatable bonds is 6. The molecular formula is C16H21N3O3. The highest BCUT2D eigenvalue weighted by Gasteiger charge is 2.27. The Morgan fingerprint density at radius 1 is 1.36 bits per heavy atom. The lowest BCUT2D eigenvalue weighted by Gasteiger charge is -2.35. The molecule has 22 heavy (non-hydrogen) atoms. The van der Waals surface area contributed by atoms with Gasteiger partial charge >= 0.3 is 5.69 Å². The van der Waals surface area contributed by atoms with Crippen LogP contribution < -0.4 is 9.64 Å². The van der Waals surface area contributed by atoms with E-state index in [1.807, 2.05) is 11.8 Å². The Morgan fingerprint density at radius 3 is 2.68 bits per heavy atom. The normalized spacial score (nSPS) is 15.4. The summed E-state index contributed by atoms with van der Waals surface area (Å²) in [5.41, 5.74) is 0.689. The van der Waals surface area contributed by atoms with Crippen molar-refractivity contribution in [3.05, 3.63) is 28.3 Å². The molecule has 0 atom stereocenters. The van der Waals surface area contributed by atoms with Crippen molar-refractivity contribution in [1.82, 2.24) is 4.90 Å². The molecule has 0 N–H and O–H groups in total. The minimum atomic E-state index is -0.356. The molecule has 0 unspecified atom stereocenters. The number of ether oxygens (including phenoxy) is 1. The molecular weight excluding hydrogens is 282 g/mol. The van der Waals surface area contributed by atoms with Crippen LogP contribution in [0.3, 0.4) is 0 Å². The zero-order chi connectivity index (χ0) is 15.9. The van der Waals surface area contributed by atoms with Crippen LogP contribution in [0.25, 0.3) is 0 Å². The second-order valence-electron chi connectivity index (χ2n) is 5.10. The largest absolute Gasteiger partial charge is 0.487 e. The molecule has 118 valence electrons. The first-order chi connectivity index (χ1) is 10.7. The van der Waals surface area contributed by atoms with Gasteiger partial charge in [0, 0.05) is 39.1 Å². The van der Waals surface area contributed by atoms with Gasteiger partial charge in [0.2, 0.25) is 0 Å². The fourth-order valence-corrected chi connectivity index (χ4v) is 2.66. The molecule has 1 heterocycles. The molecule has 1 aromatic carbocycles. The van der Waals surface area contributed by atoms with Crippen LogP contribution >= 0.6 is 0 Å². The first-order valence-electron chi connectivity index (χ1n) is 7.48. The Labute approximate surface area is 130 Å². The predicted molar refractivity (Wildman–Crippen MR) is 86.4 cm³/mol. The molecule has 1 saturated heterocycles. The van der Waals surface area contributed by atoms with E-state index in [-0.39, 0.29) is 10.6 Å². The van der Waals surface area contributed by atoms with E-state index in [0.29, 0.717) is 18.0 Å². The van der Waals surface area contributed by atoms with Gasteiger partial charge in [-0.05, 0) is 19.1 Å². The first-order valence-corrected chi connectivity index (χ1v) is 7.48. The molecule has 0 radical (unpaired) electrons. The van der Waals surface area contributed by atoms with Gasteiger partial charge in [-0.1, -0.05) is 6.07 Å². The number of nitro benzene ring substituents is 1. The van der Waals surface area contributed by atoms with Crippen LogP contribution in [-0.2, 0) is 0 Å². The maximum Gasteiger partial charge on any atom is 0.333 e. The smallest absolute Gasteiger partial charge is 0.333 e. The highest BCUT2D eigenvalue weighted by Crippen LogP contribution is 2.37. The summed E-state index contributed by atoms with van der Waals surface area (Å²) in [6, 6.07) is 5.24. The van der Waals surface area contributed by atoms with Gasteiger partial charge in [0.25, 0.3) is 0 Å². The monoisotopic (exact) mass is 303 g/mol. The molecule has 2 rings (SSSR count). The van der Waals surface area contributed by atoms with Gasteiger partial charge in [-0.2, -0.15) is 0 Å². The van der Waals surface area contributed by atoms with Gasteiger partial charge < -0.3 is 9.64 Å². The summed E-state index contributed by atoms with van der Waals surface area (Å²) in [5, 5.41) is 11.4. The Hall–Kier alpha value is -2.26. The molecule has 0 amide bonds. The molecule has 1 fully saturated rings. The molecule has 0 spiro atoms. The van der Waals surface area contributed by atoms with E-state index in [1.54, 1.807) is 18.2 Å². The summed E-state index contributed by atoms with van der Waals surface area (Å²) in [4.78, 5) is 15.4. The van der Waals surface area contributed by atoms with Crippen LogP contribution in [0.2, 0.25) is 0 Å². The van der Waals surface area contributed by atoms with Gasteiger partial charge in [0.1, 0.15) is 5.69 Å². The third kappa shape index (κ3) is 3.68. The number of benzene rings is 1. The lowest BCUT2D eigenvalue weighted by atomic mass is 10.2. The van der Waals surface area contributed by atoms with Gasteiger partial charge in [-0.3, -0.25) is 15.0 Å². The van der Waals surface area contributed by atoms with Crippen LogP contribution in [0.15, 0.2) is 18.2 Å². The first kappa shape index (κ1) is 16.1. The standard InChI is InChI=1S/C16H21N3O3/c1-3-5-9-17-10-12-18(13-11-17)14-7-6-8-15(22-4-2)16(14)19(20)21/h1,6-8H,4-5,9-13H2,2H3. The summed E-state index contributed by atoms with van der Waals surface area (Å²) in [6.07, 6.45) is 6.02. The Bertz CT molecular complexity index is 560. The minimum absolute atomic E-state index is 0.0569. The highest BCUT2D eigenvalue weighted by molar-refractivity contribution is 5.70. The number of para-hydroxylation sites is 1. The van der Waals surface area contributed by atoms with Crippen LogP contribution in [0.4, 0.5) is 11.4 Å². The van der Waals surface area contributed by atoms with Gasteiger partial charge in [0.15, 0.2) is 5.75 Å². The number of hydrogen-bond acceptors (Lipinski definition) is 5. The maximum atomic E-state index is 11.4. The van der Waals surface area contributed by atoms with E-state index in [0.717, 1.165) is 39.1 Å². The second kappa shape index (κ2) is 7.66. The lowest BCUT2D eigenvalue weighted by molar-refractivity contribution is -0.385. The van der Waals surface area contributed by atoms with Crippen molar-refractivity contribution >= 4 is 11.4 Å². The Morgan fingerprint density at radius 2 is 2.09 bits per heavy atom. The van der Waals surface area contributed by atoms with Gasteiger partial charge in [0.05, 0.1) is 11.5 Å². The number of anilines is 1. The zero-order valence-electron chi connectivity index (χ0n) is 12.8. The van der Waals surface area contributed by atoms with Crippen molar-refractivity contribution in [3.8, 4) is 18.1 Å². The van der Waals surface area contributed by atoms with Crippen LogP contribution in [0.5, 0.6) is 5.75 Å². The highest BCUT2D eigenvalue weighted by atomic mass is 16.6. The average molecular weight is 303 g/mol. The second-order valence-corrected chi connectivity index (χ2v) is 5.10.